The van der Waals surface area contributed by atoms with Crippen LogP contribution in [0.15, 0.2) is 54.7 Å². The molecule has 5 rings (SSSR count). The highest BCUT2D eigenvalue weighted by Crippen LogP contribution is 2.31. The van der Waals surface area contributed by atoms with Crippen molar-refractivity contribution >= 4 is 28.9 Å². The molecule has 0 spiro atoms. The van der Waals surface area contributed by atoms with Gasteiger partial charge in [-0.25, -0.2) is 0 Å². The van der Waals surface area contributed by atoms with Crippen molar-refractivity contribution in [1.82, 2.24) is 10.2 Å². The fraction of sp³-hybridized carbons (Fsp3) is 0.484. The molecule has 0 aromatic heterocycles. The van der Waals surface area contributed by atoms with E-state index in [0.717, 1.165) is 70.6 Å². The number of hydrogen-bond donors (Lipinski definition) is 2. The quantitative estimate of drug-likeness (QED) is 0.473. The lowest BCUT2D eigenvalue weighted by molar-refractivity contribution is -0.124. The summed E-state index contributed by atoms with van der Waals surface area (Å²) < 4.78 is 5.62. The number of nitrogens with one attached hydrogen (secondary N) is 2. The number of benzene rings is 2. The Bertz CT molecular complexity index is 1180. The number of nitrogens with zero attached hydrogens (tertiary/aromatic N) is 3. The first-order valence-corrected chi connectivity index (χ1v) is 14.3. The van der Waals surface area contributed by atoms with E-state index in [1.54, 1.807) is 0 Å². The first kappa shape index (κ1) is 27.1. The molecular formula is C31H41N5O3. The molecule has 0 radical (unpaired) electrons. The van der Waals surface area contributed by atoms with Crippen LogP contribution in [0, 0.1) is 6.92 Å². The van der Waals surface area contributed by atoms with Gasteiger partial charge in [-0.1, -0.05) is 24.8 Å². The molecule has 0 bridgehead atoms. The number of para-hydroxylation sites is 1. The molecule has 3 fully saturated rings. The summed E-state index contributed by atoms with van der Waals surface area (Å²) in [5, 5.41) is 6.14. The number of carbonyl (C=O) groups is 2. The van der Waals surface area contributed by atoms with E-state index in [1.165, 1.54) is 23.4 Å². The number of hydrogen-bond acceptors (Lipinski definition) is 6. The number of amides is 2. The molecule has 3 saturated heterocycles. The number of allylic oxidation sites excluding steroid dienone is 1. The maximum Gasteiger partial charge on any atom is 0.253 e. The molecule has 8 nitrogen and oxygen atoms in total. The van der Waals surface area contributed by atoms with Crippen molar-refractivity contribution in [2.45, 2.75) is 45.1 Å². The summed E-state index contributed by atoms with van der Waals surface area (Å²) in [7, 11) is 0. The van der Waals surface area contributed by atoms with Crippen molar-refractivity contribution in [3.05, 3.63) is 65.9 Å². The van der Waals surface area contributed by atoms with Crippen LogP contribution in [0.25, 0.3) is 0 Å². The van der Waals surface area contributed by atoms with Gasteiger partial charge in [-0.3, -0.25) is 9.59 Å². The van der Waals surface area contributed by atoms with Crippen molar-refractivity contribution in [2.24, 2.45) is 0 Å². The van der Waals surface area contributed by atoms with Crippen LogP contribution in [0.2, 0.25) is 0 Å². The second-order valence-corrected chi connectivity index (χ2v) is 10.7. The van der Waals surface area contributed by atoms with Gasteiger partial charge in [0.25, 0.3) is 11.8 Å². The molecule has 0 saturated carbocycles. The average Bonchev–Trinajstić information content (AvgIpc) is 3.64. The highest BCUT2D eigenvalue weighted by molar-refractivity contribution is 6.01. The highest BCUT2D eigenvalue weighted by atomic mass is 16.5. The van der Waals surface area contributed by atoms with E-state index in [2.05, 4.69) is 63.1 Å². The minimum Gasteiger partial charge on any atom is -0.375 e. The third-order valence-electron chi connectivity index (χ3n) is 8.05. The van der Waals surface area contributed by atoms with Gasteiger partial charge in [-0.05, 0) is 68.9 Å². The molecule has 1 unspecified atom stereocenters. The second-order valence-electron chi connectivity index (χ2n) is 10.7. The molecular weight excluding hydrogens is 490 g/mol. The molecule has 3 aliphatic heterocycles. The van der Waals surface area contributed by atoms with Gasteiger partial charge in [0.15, 0.2) is 0 Å². The number of anilines is 3. The number of ether oxygens (including phenoxy) is 1. The Morgan fingerprint density at radius 1 is 1.00 bits per heavy atom. The van der Waals surface area contributed by atoms with E-state index in [4.69, 9.17) is 4.74 Å². The standard InChI is InChI=1S/C31H41N5O3/c1-23-8-3-4-10-27(23)35-17-19-36(20-18-35)28-13-12-25(22-26(28)33-31(38)29-11-6-21-39-29)30(37)32-14-7-16-34-15-5-9-24(34)2/h3-4,8,10,12-13,22,29H,2,5-7,9,11,14-21H2,1H3,(H,32,37)(H,33,38). The minimum absolute atomic E-state index is 0.126. The molecule has 8 heteroatoms. The minimum atomic E-state index is -0.437. The van der Waals surface area contributed by atoms with Crippen LogP contribution >= 0.6 is 0 Å². The smallest absolute Gasteiger partial charge is 0.253 e. The van der Waals surface area contributed by atoms with Crippen LogP contribution in [0.5, 0.6) is 0 Å². The molecule has 0 aliphatic carbocycles. The SMILES string of the molecule is C=C1CCCN1CCCNC(=O)c1ccc(N2CCN(c3ccccc3C)CC2)c(NC(=O)C2CCCO2)c1. The fourth-order valence-electron chi connectivity index (χ4n) is 5.79. The first-order valence-electron chi connectivity index (χ1n) is 14.3. The summed E-state index contributed by atoms with van der Waals surface area (Å²) in [5.74, 6) is -0.269. The Kier molecular flexibility index (Phi) is 8.71. The summed E-state index contributed by atoms with van der Waals surface area (Å²) in [5.41, 5.74) is 5.89. The molecule has 2 aromatic carbocycles. The van der Waals surface area contributed by atoms with Gasteiger partial charge in [0, 0.05) is 69.4 Å². The highest BCUT2D eigenvalue weighted by Gasteiger charge is 2.26. The predicted octanol–water partition coefficient (Wildman–Crippen LogP) is 4.17. The Morgan fingerprint density at radius 3 is 2.46 bits per heavy atom. The van der Waals surface area contributed by atoms with Gasteiger partial charge in [0.2, 0.25) is 0 Å². The summed E-state index contributed by atoms with van der Waals surface area (Å²) in [6.07, 6.45) is 4.28. The third kappa shape index (κ3) is 6.56. The number of piperazine rings is 1. The second kappa shape index (κ2) is 12.6. The van der Waals surface area contributed by atoms with E-state index in [9.17, 15) is 9.59 Å². The van der Waals surface area contributed by atoms with E-state index < -0.39 is 6.10 Å². The molecule has 2 amide bonds. The van der Waals surface area contributed by atoms with E-state index in [-0.39, 0.29) is 11.8 Å². The number of rotatable bonds is 9. The zero-order chi connectivity index (χ0) is 27.2. The van der Waals surface area contributed by atoms with Crippen LogP contribution in [0.4, 0.5) is 17.1 Å². The van der Waals surface area contributed by atoms with E-state index in [1.807, 2.05) is 18.2 Å². The van der Waals surface area contributed by atoms with Crippen molar-refractivity contribution in [2.75, 3.05) is 67.5 Å². The molecule has 3 aliphatic rings. The van der Waals surface area contributed by atoms with Gasteiger partial charge < -0.3 is 30.1 Å². The average molecular weight is 532 g/mol. The predicted molar refractivity (Wildman–Crippen MR) is 157 cm³/mol. The van der Waals surface area contributed by atoms with Crippen LogP contribution in [-0.2, 0) is 9.53 Å². The van der Waals surface area contributed by atoms with Gasteiger partial charge in [-0.2, -0.15) is 0 Å². The molecule has 2 N–H and O–H groups in total. The molecule has 39 heavy (non-hydrogen) atoms. The van der Waals surface area contributed by atoms with Crippen molar-refractivity contribution < 1.29 is 14.3 Å². The lowest BCUT2D eigenvalue weighted by Gasteiger charge is -2.38. The van der Waals surface area contributed by atoms with E-state index >= 15 is 0 Å². The normalized spacial score (nSPS) is 19.5. The monoisotopic (exact) mass is 531 g/mol. The Labute approximate surface area is 232 Å². The van der Waals surface area contributed by atoms with Gasteiger partial charge in [-0.15, -0.1) is 0 Å². The van der Waals surface area contributed by atoms with Crippen LogP contribution in [-0.4, -0.2) is 75.2 Å². The molecule has 3 heterocycles. The fourth-order valence-corrected chi connectivity index (χ4v) is 5.79. The van der Waals surface area contributed by atoms with Crippen LogP contribution < -0.4 is 20.4 Å². The number of carbonyl (C=O) groups excluding carboxylic acids is 2. The summed E-state index contributed by atoms with van der Waals surface area (Å²) in [6.45, 7) is 12.9. The van der Waals surface area contributed by atoms with Gasteiger partial charge >= 0.3 is 0 Å². The third-order valence-corrected chi connectivity index (χ3v) is 8.05. The van der Waals surface area contributed by atoms with E-state index in [0.29, 0.717) is 24.4 Å². The summed E-state index contributed by atoms with van der Waals surface area (Å²) in [6, 6.07) is 14.1. The Hall–Kier alpha value is -3.52. The molecule has 208 valence electrons. The Morgan fingerprint density at radius 2 is 1.77 bits per heavy atom. The lowest BCUT2D eigenvalue weighted by Crippen LogP contribution is -2.47. The molecule has 1 atom stereocenters. The zero-order valence-corrected chi connectivity index (χ0v) is 23.1. The maximum absolute atomic E-state index is 13.0. The first-order chi connectivity index (χ1) is 19.0. The zero-order valence-electron chi connectivity index (χ0n) is 23.1. The van der Waals surface area contributed by atoms with Crippen LogP contribution in [0.3, 0.4) is 0 Å². The van der Waals surface area contributed by atoms with Crippen molar-refractivity contribution in [1.29, 1.82) is 0 Å². The molecule has 2 aromatic rings. The topological polar surface area (TPSA) is 77.2 Å². The number of likely N-dealkylation sites (tertiary alicyclic amines) is 1. The van der Waals surface area contributed by atoms with Gasteiger partial charge in [0.1, 0.15) is 6.10 Å². The largest absolute Gasteiger partial charge is 0.375 e. The summed E-state index contributed by atoms with van der Waals surface area (Å²) >= 11 is 0. The van der Waals surface area contributed by atoms with Crippen molar-refractivity contribution in [3.8, 4) is 0 Å². The van der Waals surface area contributed by atoms with Gasteiger partial charge in [0.05, 0.1) is 11.4 Å². The number of aryl methyl sites for hydroxylation is 1. The Balaban J connectivity index is 1.25. The van der Waals surface area contributed by atoms with Crippen LogP contribution in [0.1, 0.15) is 48.0 Å². The summed E-state index contributed by atoms with van der Waals surface area (Å²) in [4.78, 5) is 33.0. The van der Waals surface area contributed by atoms with Crippen molar-refractivity contribution in [3.63, 3.8) is 0 Å². The maximum atomic E-state index is 13.0. The lowest BCUT2D eigenvalue weighted by atomic mass is 10.1.